The Bertz CT molecular complexity index is 1050. The Hall–Kier alpha value is -2.98. The molecule has 3 heterocycles. The van der Waals surface area contributed by atoms with Gasteiger partial charge in [-0.1, -0.05) is 41.1 Å². The molecule has 4 rings (SSSR count). The third kappa shape index (κ3) is 3.00. The van der Waals surface area contributed by atoms with Crippen LogP contribution in [-0.4, -0.2) is 39.1 Å². The van der Waals surface area contributed by atoms with Gasteiger partial charge >= 0.3 is 6.03 Å². The molecule has 132 valence electrons. The van der Waals surface area contributed by atoms with Gasteiger partial charge in [-0.15, -0.1) is 0 Å². The van der Waals surface area contributed by atoms with E-state index in [4.69, 9.17) is 11.6 Å². The molecule has 11 heteroatoms. The average Bonchev–Trinajstić information content (AvgIpc) is 3.23. The Balaban J connectivity index is 1.53. The molecule has 9 nitrogen and oxygen atoms in total. The van der Waals surface area contributed by atoms with E-state index >= 15 is 0 Å². The zero-order valence-electron chi connectivity index (χ0n) is 13.0. The minimum atomic E-state index is -0.882. The molecule has 1 aliphatic rings. The first-order chi connectivity index (χ1) is 12.5. The van der Waals surface area contributed by atoms with Crippen LogP contribution in [0.25, 0.3) is 21.6 Å². The van der Waals surface area contributed by atoms with Gasteiger partial charge in [0, 0.05) is 5.56 Å². The molecule has 1 aromatic carbocycles. The molecule has 0 saturated carbocycles. The highest BCUT2D eigenvalue weighted by Gasteiger charge is 2.31. The van der Waals surface area contributed by atoms with E-state index in [1.165, 1.54) is 11.3 Å². The number of aromatic nitrogens is 3. The smallest absolute Gasteiger partial charge is 0.322 e. The topological polar surface area (TPSA) is 129 Å². The Labute approximate surface area is 155 Å². The summed E-state index contributed by atoms with van der Waals surface area (Å²) in [6, 6.07) is 5.80. The molecule has 1 saturated heterocycles. The molecule has 2 aromatic heterocycles. The lowest BCUT2D eigenvalue weighted by molar-refractivity contribution is -0.124. The molecule has 0 aliphatic carbocycles. The summed E-state index contributed by atoms with van der Waals surface area (Å²) in [5, 5.41) is 15.0. The normalized spacial score (nSPS) is 16.6. The van der Waals surface area contributed by atoms with Gasteiger partial charge in [0.25, 0.3) is 5.91 Å². The van der Waals surface area contributed by atoms with Crippen LogP contribution in [0.2, 0.25) is 5.02 Å². The Morgan fingerprint density at radius 1 is 1.31 bits per heavy atom. The number of amides is 4. The maximum atomic E-state index is 12.1. The average molecular weight is 391 g/mol. The summed E-state index contributed by atoms with van der Waals surface area (Å²) in [5.74, 6) is -0.961. The fourth-order valence-electron chi connectivity index (χ4n) is 2.56. The van der Waals surface area contributed by atoms with Crippen LogP contribution in [-0.2, 0) is 9.59 Å². The van der Waals surface area contributed by atoms with E-state index in [1.54, 1.807) is 6.07 Å². The van der Waals surface area contributed by atoms with Crippen LogP contribution in [0.4, 0.5) is 9.93 Å². The summed E-state index contributed by atoms with van der Waals surface area (Å²) in [6.45, 7) is 0. The lowest BCUT2D eigenvalue weighted by atomic mass is 10.1. The van der Waals surface area contributed by atoms with Gasteiger partial charge in [-0.05, 0) is 6.07 Å². The fraction of sp³-hybridized carbons (Fsp3) is 0.133. The van der Waals surface area contributed by atoms with Crippen LogP contribution < -0.4 is 16.0 Å². The summed E-state index contributed by atoms with van der Waals surface area (Å²) < 4.78 is 0.750. The van der Waals surface area contributed by atoms with E-state index in [0.29, 0.717) is 21.5 Å². The second-order valence-electron chi connectivity index (χ2n) is 5.52. The highest BCUT2D eigenvalue weighted by Crippen LogP contribution is 2.36. The number of rotatable bonds is 4. The molecule has 0 radical (unpaired) electrons. The van der Waals surface area contributed by atoms with Gasteiger partial charge in [-0.3, -0.25) is 20.0 Å². The minimum absolute atomic E-state index is 0.180. The van der Waals surface area contributed by atoms with Gasteiger partial charge in [0.2, 0.25) is 5.91 Å². The number of H-pyrrole nitrogens is 1. The zero-order valence-corrected chi connectivity index (χ0v) is 14.6. The van der Waals surface area contributed by atoms with Crippen molar-refractivity contribution in [3.8, 4) is 11.3 Å². The molecule has 4 N–H and O–H groups in total. The van der Waals surface area contributed by atoms with Crippen molar-refractivity contribution in [2.45, 2.75) is 12.5 Å². The number of benzene rings is 1. The fourth-order valence-corrected chi connectivity index (χ4v) is 3.72. The number of imide groups is 1. The van der Waals surface area contributed by atoms with Crippen LogP contribution in [0, 0.1) is 0 Å². The van der Waals surface area contributed by atoms with E-state index in [2.05, 4.69) is 31.1 Å². The van der Waals surface area contributed by atoms with Crippen molar-refractivity contribution in [3.63, 3.8) is 0 Å². The highest BCUT2D eigenvalue weighted by molar-refractivity contribution is 7.22. The van der Waals surface area contributed by atoms with E-state index in [-0.39, 0.29) is 6.42 Å². The van der Waals surface area contributed by atoms with Gasteiger partial charge in [-0.25, -0.2) is 9.78 Å². The Morgan fingerprint density at radius 2 is 2.12 bits per heavy atom. The number of nitrogens with zero attached hydrogens (tertiary/aromatic N) is 2. The van der Waals surface area contributed by atoms with Gasteiger partial charge in [0.05, 0.1) is 11.4 Å². The number of carbonyl (C=O) groups is 3. The second-order valence-corrected chi connectivity index (χ2v) is 6.92. The lowest BCUT2D eigenvalue weighted by Gasteiger charge is -2.06. The van der Waals surface area contributed by atoms with Crippen molar-refractivity contribution in [2.75, 3.05) is 5.32 Å². The van der Waals surface area contributed by atoms with Crippen molar-refractivity contribution in [1.82, 2.24) is 25.8 Å². The van der Waals surface area contributed by atoms with E-state index in [1.807, 2.05) is 18.2 Å². The lowest BCUT2D eigenvalue weighted by Crippen LogP contribution is -2.33. The van der Waals surface area contributed by atoms with Gasteiger partial charge in [0.15, 0.2) is 10.8 Å². The maximum absolute atomic E-state index is 12.1. The first kappa shape index (κ1) is 16.5. The SMILES string of the molecule is O=C(CC1NC(=O)NC1=O)Nc1nc2[nH]nc(-c3ccccc3Cl)c2s1. The third-order valence-electron chi connectivity index (χ3n) is 3.74. The minimum Gasteiger partial charge on any atom is -0.325 e. The molecule has 1 aliphatic heterocycles. The number of nitrogens with one attached hydrogen (secondary N) is 4. The van der Waals surface area contributed by atoms with E-state index in [0.717, 1.165) is 10.3 Å². The van der Waals surface area contributed by atoms with Gasteiger partial charge in [-0.2, -0.15) is 5.10 Å². The van der Waals surface area contributed by atoms with Crippen LogP contribution in [0.5, 0.6) is 0 Å². The third-order valence-corrected chi connectivity index (χ3v) is 5.05. The predicted molar refractivity (Wildman–Crippen MR) is 95.9 cm³/mol. The monoisotopic (exact) mass is 390 g/mol. The first-order valence-corrected chi connectivity index (χ1v) is 8.71. The van der Waals surface area contributed by atoms with Crippen LogP contribution >= 0.6 is 22.9 Å². The molecule has 26 heavy (non-hydrogen) atoms. The number of aromatic amines is 1. The number of halogens is 1. The molecule has 3 aromatic rings. The number of thiazole rings is 1. The van der Waals surface area contributed by atoms with E-state index in [9.17, 15) is 14.4 Å². The number of fused-ring (bicyclic) bond motifs is 1. The number of anilines is 1. The highest BCUT2D eigenvalue weighted by atomic mass is 35.5. The Kier molecular flexibility index (Phi) is 4.05. The van der Waals surface area contributed by atoms with Crippen molar-refractivity contribution in [2.24, 2.45) is 0 Å². The molecular formula is C15H11ClN6O3S. The first-order valence-electron chi connectivity index (χ1n) is 7.52. The van der Waals surface area contributed by atoms with Crippen LogP contribution in [0.15, 0.2) is 24.3 Å². The summed E-state index contributed by atoms with van der Waals surface area (Å²) in [4.78, 5) is 39.0. The molecule has 0 spiro atoms. The largest absolute Gasteiger partial charge is 0.325 e. The molecule has 4 amide bonds. The molecule has 1 unspecified atom stereocenters. The molecule has 1 atom stereocenters. The predicted octanol–water partition coefficient (Wildman–Crippen LogP) is 1.88. The molecule has 1 fully saturated rings. The number of urea groups is 1. The summed E-state index contributed by atoms with van der Waals surface area (Å²) >= 11 is 7.45. The quantitative estimate of drug-likeness (QED) is 0.505. The van der Waals surface area contributed by atoms with Gasteiger partial charge < -0.3 is 10.6 Å². The number of hydrogen-bond donors (Lipinski definition) is 4. The van der Waals surface area contributed by atoms with Crippen LogP contribution in [0.1, 0.15) is 6.42 Å². The van der Waals surface area contributed by atoms with Gasteiger partial charge in [0.1, 0.15) is 16.4 Å². The second kappa shape index (κ2) is 6.39. The zero-order chi connectivity index (χ0) is 18.3. The summed E-state index contributed by atoms with van der Waals surface area (Å²) in [5.41, 5.74) is 1.92. The van der Waals surface area contributed by atoms with Crippen molar-refractivity contribution in [3.05, 3.63) is 29.3 Å². The van der Waals surface area contributed by atoms with E-state index < -0.39 is 23.9 Å². The maximum Gasteiger partial charge on any atom is 0.322 e. The summed E-state index contributed by atoms with van der Waals surface area (Å²) in [6.07, 6.45) is -0.180. The Morgan fingerprint density at radius 3 is 2.85 bits per heavy atom. The van der Waals surface area contributed by atoms with Crippen molar-refractivity contribution in [1.29, 1.82) is 0 Å². The van der Waals surface area contributed by atoms with Crippen molar-refractivity contribution < 1.29 is 14.4 Å². The molecule has 0 bridgehead atoms. The van der Waals surface area contributed by atoms with Crippen LogP contribution in [0.3, 0.4) is 0 Å². The summed E-state index contributed by atoms with van der Waals surface area (Å²) in [7, 11) is 0. The number of carbonyl (C=O) groups excluding carboxylic acids is 3. The van der Waals surface area contributed by atoms with Crippen molar-refractivity contribution >= 4 is 56.3 Å². The standard InChI is InChI=1S/C15H11ClN6O3S/c16-7-4-2-1-3-6(7)10-11-12(22-21-10)19-15(26-11)18-9(23)5-8-13(24)20-14(25)17-8/h1-4,8H,5H2,(H2,17,20,24,25)(H2,18,19,21,22,23). The number of hydrogen-bond acceptors (Lipinski definition) is 6. The molecular weight excluding hydrogens is 380 g/mol.